The van der Waals surface area contributed by atoms with E-state index in [1.54, 1.807) is 19.2 Å². The zero-order chi connectivity index (χ0) is 24.0. The van der Waals surface area contributed by atoms with Gasteiger partial charge in [0.05, 0.1) is 24.5 Å². The van der Waals surface area contributed by atoms with Gasteiger partial charge in [0.1, 0.15) is 17.2 Å². The van der Waals surface area contributed by atoms with Crippen molar-refractivity contribution >= 4 is 23.1 Å². The highest BCUT2D eigenvalue weighted by Crippen LogP contribution is 2.34. The fourth-order valence-corrected chi connectivity index (χ4v) is 3.66. The Labute approximate surface area is 195 Å². The Morgan fingerprint density at radius 1 is 1.03 bits per heavy atom. The normalized spacial score (nSPS) is 13.8. The number of hydrogen-bond acceptors (Lipinski definition) is 6. The van der Waals surface area contributed by atoms with Crippen molar-refractivity contribution in [3.63, 3.8) is 0 Å². The van der Waals surface area contributed by atoms with Crippen LogP contribution < -0.4 is 14.8 Å². The lowest BCUT2D eigenvalue weighted by atomic mass is 10.0. The largest absolute Gasteiger partial charge is 0.495 e. The predicted molar refractivity (Wildman–Crippen MR) is 128 cm³/mol. The van der Waals surface area contributed by atoms with Crippen LogP contribution in [0.3, 0.4) is 0 Å². The van der Waals surface area contributed by atoms with E-state index in [0.29, 0.717) is 48.0 Å². The van der Waals surface area contributed by atoms with E-state index in [2.05, 4.69) is 5.32 Å². The molecule has 0 saturated carbocycles. The second kappa shape index (κ2) is 11.0. The molecule has 0 atom stereocenters. The van der Waals surface area contributed by atoms with Crippen LogP contribution in [0.5, 0.6) is 11.5 Å². The summed E-state index contributed by atoms with van der Waals surface area (Å²) in [6.45, 7) is 9.13. The molecule has 1 aliphatic rings. The molecule has 0 unspecified atom stereocenters. The summed E-state index contributed by atoms with van der Waals surface area (Å²) in [6, 6.07) is 12.9. The summed E-state index contributed by atoms with van der Waals surface area (Å²) >= 11 is 0. The monoisotopic (exact) mass is 452 g/mol. The second-order valence-electron chi connectivity index (χ2n) is 8.08. The lowest BCUT2D eigenvalue weighted by molar-refractivity contribution is -0.137. The molecule has 0 bridgehead atoms. The predicted octanol–water partition coefficient (Wildman–Crippen LogP) is 4.41. The number of carbonyl (C=O) groups excluding carboxylic acids is 2. The maximum absolute atomic E-state index is 13.4. The summed E-state index contributed by atoms with van der Waals surface area (Å²) in [5, 5.41) is 3.19. The quantitative estimate of drug-likeness (QED) is 0.402. The fraction of sp³-hybridized carbons (Fsp3) is 0.385. The summed E-state index contributed by atoms with van der Waals surface area (Å²) in [4.78, 5) is 28.0. The van der Waals surface area contributed by atoms with E-state index in [9.17, 15) is 9.59 Å². The van der Waals surface area contributed by atoms with Gasteiger partial charge in [-0.25, -0.2) is 0 Å². The number of carbonyl (C=O) groups is 2. The molecule has 176 valence electrons. The van der Waals surface area contributed by atoms with Gasteiger partial charge in [-0.05, 0) is 69.5 Å². The van der Waals surface area contributed by atoms with Crippen LogP contribution in [0.2, 0.25) is 0 Å². The lowest BCUT2D eigenvalue weighted by Gasteiger charge is -2.16. The molecule has 2 aromatic carbocycles. The Morgan fingerprint density at radius 3 is 2.39 bits per heavy atom. The molecule has 0 saturated heterocycles. The van der Waals surface area contributed by atoms with Crippen molar-refractivity contribution in [2.24, 2.45) is 0 Å². The number of ether oxygens (including phenoxy) is 3. The van der Waals surface area contributed by atoms with Gasteiger partial charge < -0.3 is 19.5 Å². The third kappa shape index (κ3) is 5.73. The molecule has 7 heteroatoms. The Kier molecular flexibility index (Phi) is 8.11. The molecule has 0 fully saturated rings. The summed E-state index contributed by atoms with van der Waals surface area (Å²) < 4.78 is 16.6. The van der Waals surface area contributed by atoms with E-state index in [-0.39, 0.29) is 30.2 Å². The van der Waals surface area contributed by atoms with Crippen LogP contribution in [0, 0.1) is 6.92 Å². The Bertz CT molecular complexity index is 1030. The van der Waals surface area contributed by atoms with Crippen molar-refractivity contribution in [2.45, 2.75) is 40.2 Å². The minimum atomic E-state index is -0.363. The van der Waals surface area contributed by atoms with Gasteiger partial charge in [0.15, 0.2) is 0 Å². The van der Waals surface area contributed by atoms with E-state index in [1.165, 1.54) is 4.90 Å². The first-order valence-corrected chi connectivity index (χ1v) is 11.2. The first kappa shape index (κ1) is 24.3. The molecule has 1 aliphatic heterocycles. The molecule has 0 spiro atoms. The highest BCUT2D eigenvalue weighted by Gasteiger charge is 2.39. The Morgan fingerprint density at radius 2 is 1.76 bits per heavy atom. The molecule has 7 nitrogen and oxygen atoms in total. The number of nitrogens with zero attached hydrogens (tertiary/aromatic N) is 1. The van der Waals surface area contributed by atoms with Gasteiger partial charge in [0, 0.05) is 19.8 Å². The number of nitrogens with one attached hydrogen (secondary N) is 1. The van der Waals surface area contributed by atoms with Gasteiger partial charge in [0.25, 0.3) is 11.8 Å². The van der Waals surface area contributed by atoms with Crippen molar-refractivity contribution in [1.29, 1.82) is 0 Å². The molecule has 1 heterocycles. The number of anilines is 1. The second-order valence-corrected chi connectivity index (χ2v) is 8.08. The van der Waals surface area contributed by atoms with Gasteiger partial charge in [-0.1, -0.05) is 18.2 Å². The zero-order valence-corrected chi connectivity index (χ0v) is 19.9. The summed E-state index contributed by atoms with van der Waals surface area (Å²) in [6.07, 6.45) is 0.609. The lowest BCUT2D eigenvalue weighted by Crippen LogP contribution is -2.34. The van der Waals surface area contributed by atoms with Gasteiger partial charge in [-0.2, -0.15) is 0 Å². The van der Waals surface area contributed by atoms with Gasteiger partial charge in [0.2, 0.25) is 0 Å². The molecule has 0 aromatic heterocycles. The first-order chi connectivity index (χ1) is 15.8. The van der Waals surface area contributed by atoms with Crippen LogP contribution >= 0.6 is 0 Å². The number of rotatable bonds is 11. The topological polar surface area (TPSA) is 77.1 Å². The van der Waals surface area contributed by atoms with Crippen molar-refractivity contribution in [1.82, 2.24) is 4.90 Å². The number of methoxy groups -OCH3 is 1. The van der Waals surface area contributed by atoms with Crippen LogP contribution in [0.25, 0.3) is 5.57 Å². The molecule has 1 N–H and O–H groups in total. The molecule has 3 rings (SSSR count). The number of hydrogen-bond donors (Lipinski definition) is 1. The Balaban J connectivity index is 1.98. The summed E-state index contributed by atoms with van der Waals surface area (Å²) in [5.41, 5.74) is 2.84. The number of imide groups is 1. The number of benzene rings is 2. The number of amides is 2. The highest BCUT2D eigenvalue weighted by atomic mass is 16.5. The van der Waals surface area contributed by atoms with Crippen LogP contribution in [0.15, 0.2) is 48.2 Å². The van der Waals surface area contributed by atoms with Crippen LogP contribution in [-0.2, 0) is 14.3 Å². The number of aryl methyl sites for hydroxylation is 1. The highest BCUT2D eigenvalue weighted by molar-refractivity contribution is 6.36. The average molecular weight is 453 g/mol. The van der Waals surface area contributed by atoms with Gasteiger partial charge in [-0.3, -0.25) is 14.5 Å². The fourth-order valence-electron chi connectivity index (χ4n) is 3.66. The smallest absolute Gasteiger partial charge is 0.278 e. The van der Waals surface area contributed by atoms with E-state index in [4.69, 9.17) is 14.2 Å². The minimum Gasteiger partial charge on any atom is -0.495 e. The van der Waals surface area contributed by atoms with Crippen molar-refractivity contribution < 1.29 is 23.8 Å². The van der Waals surface area contributed by atoms with Crippen LogP contribution in [0.4, 0.5) is 5.69 Å². The first-order valence-electron chi connectivity index (χ1n) is 11.2. The van der Waals surface area contributed by atoms with E-state index in [0.717, 1.165) is 5.56 Å². The van der Waals surface area contributed by atoms with E-state index >= 15 is 0 Å². The standard InChI is InChI=1S/C26H32N2O5/c1-6-32-15-7-14-28-25(29)23(19-9-11-20(12-10-19)33-17(2)3)24(26(28)30)27-21-16-18(4)8-13-22(21)31-5/h8-13,16-17,27H,6-7,14-15H2,1-5H3. The average Bonchev–Trinajstić information content (AvgIpc) is 3.01. The molecule has 33 heavy (non-hydrogen) atoms. The van der Waals surface area contributed by atoms with E-state index in [1.807, 2.05) is 58.0 Å². The minimum absolute atomic E-state index is 0.0385. The molecule has 0 radical (unpaired) electrons. The molecular weight excluding hydrogens is 420 g/mol. The van der Waals surface area contributed by atoms with E-state index < -0.39 is 0 Å². The van der Waals surface area contributed by atoms with Crippen molar-refractivity contribution in [3.8, 4) is 11.5 Å². The third-order valence-corrected chi connectivity index (χ3v) is 5.17. The summed E-state index contributed by atoms with van der Waals surface area (Å²) in [5.74, 6) is 0.596. The molecule has 0 aliphatic carbocycles. The molecule has 2 amide bonds. The van der Waals surface area contributed by atoms with Gasteiger partial charge >= 0.3 is 0 Å². The zero-order valence-electron chi connectivity index (χ0n) is 19.9. The maximum atomic E-state index is 13.4. The van der Waals surface area contributed by atoms with Gasteiger partial charge in [-0.15, -0.1) is 0 Å². The summed E-state index contributed by atoms with van der Waals surface area (Å²) in [7, 11) is 1.57. The Hall–Kier alpha value is -3.32. The maximum Gasteiger partial charge on any atom is 0.278 e. The van der Waals surface area contributed by atoms with Crippen LogP contribution in [0.1, 0.15) is 38.3 Å². The van der Waals surface area contributed by atoms with Crippen LogP contribution in [-0.4, -0.2) is 49.7 Å². The van der Waals surface area contributed by atoms with Crippen molar-refractivity contribution in [3.05, 3.63) is 59.3 Å². The molecular formula is C26H32N2O5. The molecule has 2 aromatic rings. The van der Waals surface area contributed by atoms with Crippen molar-refractivity contribution in [2.75, 3.05) is 32.2 Å². The SMILES string of the molecule is CCOCCCN1C(=O)C(Nc2cc(C)ccc2OC)=C(c2ccc(OC(C)C)cc2)C1=O. The third-order valence-electron chi connectivity index (χ3n) is 5.17.